The molecule has 0 spiro atoms. The largest absolute Gasteiger partial charge is 0.384 e. The molecular formula is C14H22ClN3. The summed E-state index contributed by atoms with van der Waals surface area (Å²) in [4.78, 5) is 2.17. The van der Waals surface area contributed by atoms with Crippen molar-refractivity contribution in [3.8, 4) is 0 Å². The summed E-state index contributed by atoms with van der Waals surface area (Å²) in [5.74, 6) is 0.694. The minimum atomic E-state index is 0.0429. The fourth-order valence-electron chi connectivity index (χ4n) is 2.04. The number of nitrogens with two attached hydrogens (primary N) is 1. The lowest BCUT2D eigenvalue weighted by Gasteiger charge is -2.29. The third-order valence-corrected chi connectivity index (χ3v) is 3.42. The summed E-state index contributed by atoms with van der Waals surface area (Å²) in [6.45, 7) is 6.62. The Bertz CT molecular complexity index is 429. The molecule has 0 aliphatic rings. The summed E-state index contributed by atoms with van der Waals surface area (Å²) in [5.41, 5.74) is 7.09. The molecule has 1 rings (SSSR count). The van der Waals surface area contributed by atoms with Crippen LogP contribution in [0, 0.1) is 11.3 Å². The van der Waals surface area contributed by atoms with E-state index in [1.165, 1.54) is 0 Å². The van der Waals surface area contributed by atoms with Gasteiger partial charge in [-0.15, -0.1) is 0 Å². The van der Waals surface area contributed by atoms with E-state index in [4.69, 9.17) is 22.7 Å². The van der Waals surface area contributed by atoms with Gasteiger partial charge in [0.2, 0.25) is 0 Å². The molecule has 3 N–H and O–H groups in total. The minimum absolute atomic E-state index is 0.0429. The van der Waals surface area contributed by atoms with Crippen molar-refractivity contribution in [1.29, 1.82) is 5.41 Å². The van der Waals surface area contributed by atoms with E-state index >= 15 is 0 Å². The maximum atomic E-state index is 7.39. The maximum Gasteiger partial charge on any atom is 0.122 e. The summed E-state index contributed by atoms with van der Waals surface area (Å²) in [6.07, 6.45) is 1.11. The molecule has 0 saturated heterocycles. The molecule has 0 amide bonds. The lowest BCUT2D eigenvalue weighted by molar-refractivity contribution is 0.504. The van der Waals surface area contributed by atoms with Gasteiger partial charge in [-0.25, -0.2) is 0 Å². The summed E-state index contributed by atoms with van der Waals surface area (Å²) < 4.78 is 0. The minimum Gasteiger partial charge on any atom is -0.384 e. The van der Waals surface area contributed by atoms with Crippen molar-refractivity contribution in [1.82, 2.24) is 0 Å². The number of hydrogen-bond acceptors (Lipinski definition) is 2. The normalized spacial score (nSPS) is 12.6. The first-order valence-electron chi connectivity index (χ1n) is 6.19. The highest BCUT2D eigenvalue weighted by molar-refractivity contribution is 6.33. The van der Waals surface area contributed by atoms with Gasteiger partial charge in [0.15, 0.2) is 0 Å². The summed E-state index contributed by atoms with van der Waals surface area (Å²) in [7, 11) is 2.04. The Morgan fingerprint density at radius 2 is 2.00 bits per heavy atom. The highest BCUT2D eigenvalue weighted by Gasteiger charge is 2.14. The number of nitrogen functional groups attached to an aromatic ring is 1. The molecular weight excluding hydrogens is 246 g/mol. The average Bonchev–Trinajstić information content (AvgIpc) is 2.26. The second-order valence-electron chi connectivity index (χ2n) is 5.17. The van der Waals surface area contributed by atoms with Gasteiger partial charge in [-0.2, -0.15) is 0 Å². The van der Waals surface area contributed by atoms with E-state index in [1.807, 2.05) is 19.2 Å². The number of benzene rings is 1. The molecule has 3 nitrogen and oxygen atoms in total. The number of amidine groups is 1. The van der Waals surface area contributed by atoms with Crippen LogP contribution in [0.4, 0.5) is 5.69 Å². The van der Waals surface area contributed by atoms with Crippen LogP contribution in [-0.4, -0.2) is 18.9 Å². The summed E-state index contributed by atoms with van der Waals surface area (Å²) in [5, 5.41) is 8.03. The molecule has 0 aliphatic heterocycles. The second kappa shape index (κ2) is 6.10. The second-order valence-corrected chi connectivity index (χ2v) is 5.58. The van der Waals surface area contributed by atoms with Crippen LogP contribution in [0.5, 0.6) is 0 Å². The average molecular weight is 268 g/mol. The molecule has 1 atom stereocenters. The Labute approximate surface area is 114 Å². The Hall–Kier alpha value is -1.22. The zero-order valence-corrected chi connectivity index (χ0v) is 12.3. The van der Waals surface area contributed by atoms with E-state index in [2.05, 4.69) is 25.7 Å². The SMILES string of the molecule is CC(C)CC(C)N(C)c1ccc(C(=N)N)cc1Cl. The molecule has 1 aromatic rings. The van der Waals surface area contributed by atoms with Gasteiger partial charge in [-0.3, -0.25) is 5.41 Å². The molecule has 0 fully saturated rings. The van der Waals surface area contributed by atoms with Gasteiger partial charge in [-0.05, 0) is 37.5 Å². The van der Waals surface area contributed by atoms with Crippen LogP contribution < -0.4 is 10.6 Å². The first kappa shape index (κ1) is 14.8. The van der Waals surface area contributed by atoms with Crippen LogP contribution in [0.25, 0.3) is 0 Å². The van der Waals surface area contributed by atoms with Crippen molar-refractivity contribution in [3.63, 3.8) is 0 Å². The predicted octanol–water partition coefficient (Wildman–Crippen LogP) is 3.49. The van der Waals surface area contributed by atoms with Gasteiger partial charge < -0.3 is 10.6 Å². The van der Waals surface area contributed by atoms with Gasteiger partial charge in [0.05, 0.1) is 10.7 Å². The van der Waals surface area contributed by atoms with Crippen LogP contribution in [0.3, 0.4) is 0 Å². The van der Waals surface area contributed by atoms with E-state index in [9.17, 15) is 0 Å². The lowest BCUT2D eigenvalue weighted by Crippen LogP contribution is -2.30. The number of halogens is 1. The Kier molecular flexibility index (Phi) is 5.03. The van der Waals surface area contributed by atoms with Crippen molar-refractivity contribution in [3.05, 3.63) is 28.8 Å². The van der Waals surface area contributed by atoms with Gasteiger partial charge in [0.25, 0.3) is 0 Å². The number of nitrogens with zero attached hydrogens (tertiary/aromatic N) is 1. The molecule has 0 radical (unpaired) electrons. The molecule has 0 aliphatic carbocycles. The molecule has 18 heavy (non-hydrogen) atoms. The Morgan fingerprint density at radius 1 is 1.39 bits per heavy atom. The zero-order valence-electron chi connectivity index (χ0n) is 11.5. The summed E-state index contributed by atoms with van der Waals surface area (Å²) in [6, 6.07) is 5.93. The number of nitrogens with one attached hydrogen (secondary N) is 1. The molecule has 1 unspecified atom stereocenters. The van der Waals surface area contributed by atoms with E-state index in [0.29, 0.717) is 22.5 Å². The monoisotopic (exact) mass is 267 g/mol. The number of hydrogen-bond donors (Lipinski definition) is 2. The molecule has 1 aromatic carbocycles. The van der Waals surface area contributed by atoms with Gasteiger partial charge in [-0.1, -0.05) is 25.4 Å². The standard InChI is InChI=1S/C14H22ClN3/c1-9(2)7-10(3)18(4)13-6-5-11(14(16)17)8-12(13)15/h5-6,8-10H,7H2,1-4H3,(H3,16,17). The lowest BCUT2D eigenvalue weighted by atomic mass is 10.0. The van der Waals surface area contributed by atoms with Crippen LogP contribution in [0.1, 0.15) is 32.8 Å². The molecule has 0 bridgehead atoms. The quantitative estimate of drug-likeness (QED) is 0.634. The van der Waals surface area contributed by atoms with Gasteiger partial charge >= 0.3 is 0 Å². The van der Waals surface area contributed by atoms with Crippen LogP contribution >= 0.6 is 11.6 Å². The predicted molar refractivity (Wildman–Crippen MR) is 79.8 cm³/mol. The number of rotatable bonds is 5. The third kappa shape index (κ3) is 3.64. The first-order valence-corrected chi connectivity index (χ1v) is 6.57. The topological polar surface area (TPSA) is 53.1 Å². The molecule has 0 heterocycles. The van der Waals surface area contributed by atoms with E-state index < -0.39 is 0 Å². The smallest absolute Gasteiger partial charge is 0.122 e. The van der Waals surface area contributed by atoms with Crippen LogP contribution in [0.15, 0.2) is 18.2 Å². The van der Waals surface area contributed by atoms with E-state index in [-0.39, 0.29) is 5.84 Å². The Balaban J connectivity index is 2.92. The fourth-order valence-corrected chi connectivity index (χ4v) is 2.35. The van der Waals surface area contributed by atoms with Crippen molar-refractivity contribution >= 4 is 23.1 Å². The van der Waals surface area contributed by atoms with Crippen LogP contribution in [0.2, 0.25) is 5.02 Å². The van der Waals surface area contributed by atoms with Crippen molar-refractivity contribution in [2.45, 2.75) is 33.2 Å². The van der Waals surface area contributed by atoms with Crippen molar-refractivity contribution in [2.24, 2.45) is 11.7 Å². The van der Waals surface area contributed by atoms with E-state index in [0.717, 1.165) is 12.1 Å². The van der Waals surface area contributed by atoms with E-state index in [1.54, 1.807) is 6.07 Å². The highest BCUT2D eigenvalue weighted by Crippen LogP contribution is 2.28. The van der Waals surface area contributed by atoms with Gasteiger partial charge in [0.1, 0.15) is 5.84 Å². The fraction of sp³-hybridized carbons (Fsp3) is 0.500. The maximum absolute atomic E-state index is 7.39. The Morgan fingerprint density at radius 3 is 2.44 bits per heavy atom. The first-order chi connectivity index (χ1) is 8.32. The zero-order chi connectivity index (χ0) is 13.9. The van der Waals surface area contributed by atoms with Crippen molar-refractivity contribution in [2.75, 3.05) is 11.9 Å². The highest BCUT2D eigenvalue weighted by atomic mass is 35.5. The number of anilines is 1. The molecule has 100 valence electrons. The van der Waals surface area contributed by atoms with Crippen molar-refractivity contribution < 1.29 is 0 Å². The molecule has 0 saturated carbocycles. The van der Waals surface area contributed by atoms with Crippen LogP contribution in [-0.2, 0) is 0 Å². The van der Waals surface area contributed by atoms with Gasteiger partial charge in [0, 0.05) is 18.7 Å². The summed E-state index contributed by atoms with van der Waals surface area (Å²) >= 11 is 6.26. The molecule has 0 aromatic heterocycles. The third-order valence-electron chi connectivity index (χ3n) is 3.11. The molecule has 4 heteroatoms.